The van der Waals surface area contributed by atoms with Gasteiger partial charge >= 0.3 is 5.97 Å². The molecule has 19 heavy (non-hydrogen) atoms. The number of hydrogen-bond donors (Lipinski definition) is 0. The van der Waals surface area contributed by atoms with E-state index in [0.29, 0.717) is 23.7 Å². The van der Waals surface area contributed by atoms with Gasteiger partial charge in [0.15, 0.2) is 0 Å². The number of halogens is 2. The van der Waals surface area contributed by atoms with Crippen LogP contribution in [-0.4, -0.2) is 30.1 Å². The fourth-order valence-corrected chi connectivity index (χ4v) is 1.87. The molecule has 1 rings (SSSR count). The lowest BCUT2D eigenvalue weighted by molar-refractivity contribution is -0.145. The van der Waals surface area contributed by atoms with Gasteiger partial charge in [-0.15, -0.1) is 0 Å². The maximum Gasteiger partial charge on any atom is 0.320 e. The molecule has 1 aromatic rings. The predicted molar refractivity (Wildman–Crippen MR) is 73.6 cm³/mol. The first-order valence-corrected chi connectivity index (χ1v) is 6.65. The number of carbonyl (C=O) groups is 1. The Kier molecular flexibility index (Phi) is 6.25. The van der Waals surface area contributed by atoms with Gasteiger partial charge in [0, 0.05) is 23.2 Å². The molecule has 0 aromatic heterocycles. The van der Waals surface area contributed by atoms with E-state index in [1.54, 1.807) is 13.0 Å². The summed E-state index contributed by atoms with van der Waals surface area (Å²) in [6.07, 6.45) is 0. The standard InChI is InChI=1S/C14H19ClFNO2/c1-4-19-14(18)9-17(10(2)3)8-11-7-12(15)5-6-13(11)16/h5-7,10H,4,8-9H2,1-3H3. The average molecular weight is 288 g/mol. The smallest absolute Gasteiger partial charge is 0.320 e. The van der Waals surface area contributed by atoms with Crippen LogP contribution in [0.5, 0.6) is 0 Å². The molecule has 0 spiro atoms. The Hall–Kier alpha value is -1.13. The summed E-state index contributed by atoms with van der Waals surface area (Å²) in [5, 5.41) is 0.483. The second-order valence-electron chi connectivity index (χ2n) is 4.54. The number of hydrogen-bond acceptors (Lipinski definition) is 3. The predicted octanol–water partition coefficient (Wildman–Crippen LogP) is 3.25. The molecular formula is C14H19ClFNO2. The number of carbonyl (C=O) groups excluding carboxylic acids is 1. The van der Waals surface area contributed by atoms with Crippen LogP contribution < -0.4 is 0 Å². The van der Waals surface area contributed by atoms with Crippen LogP contribution in [0, 0.1) is 5.82 Å². The lowest BCUT2D eigenvalue weighted by Gasteiger charge is -2.25. The van der Waals surface area contributed by atoms with E-state index in [9.17, 15) is 9.18 Å². The van der Waals surface area contributed by atoms with Gasteiger partial charge in [-0.05, 0) is 39.0 Å². The SMILES string of the molecule is CCOC(=O)CN(Cc1cc(Cl)ccc1F)C(C)C. The molecule has 106 valence electrons. The van der Waals surface area contributed by atoms with E-state index in [1.165, 1.54) is 12.1 Å². The lowest BCUT2D eigenvalue weighted by atomic mass is 10.1. The highest BCUT2D eigenvalue weighted by Crippen LogP contribution is 2.17. The minimum absolute atomic E-state index is 0.0998. The largest absolute Gasteiger partial charge is 0.465 e. The van der Waals surface area contributed by atoms with Crippen LogP contribution in [0.3, 0.4) is 0 Å². The summed E-state index contributed by atoms with van der Waals surface area (Å²) >= 11 is 5.86. The van der Waals surface area contributed by atoms with E-state index < -0.39 is 0 Å². The molecule has 0 aliphatic carbocycles. The zero-order valence-corrected chi connectivity index (χ0v) is 12.2. The molecule has 5 heteroatoms. The van der Waals surface area contributed by atoms with Crippen molar-refractivity contribution in [1.29, 1.82) is 0 Å². The number of ether oxygens (including phenoxy) is 1. The quantitative estimate of drug-likeness (QED) is 0.752. The zero-order valence-electron chi connectivity index (χ0n) is 11.5. The molecule has 0 atom stereocenters. The second kappa shape index (κ2) is 7.46. The van der Waals surface area contributed by atoms with Crippen molar-refractivity contribution < 1.29 is 13.9 Å². The van der Waals surface area contributed by atoms with Crippen LogP contribution >= 0.6 is 11.6 Å². The summed E-state index contributed by atoms with van der Waals surface area (Å²) in [5.41, 5.74) is 0.477. The molecule has 0 aliphatic heterocycles. The molecule has 0 aliphatic rings. The maximum atomic E-state index is 13.7. The van der Waals surface area contributed by atoms with Crippen LogP contribution in [0.25, 0.3) is 0 Å². The summed E-state index contributed by atoms with van der Waals surface area (Å²) in [4.78, 5) is 13.4. The molecule has 0 fully saturated rings. The van der Waals surface area contributed by atoms with Crippen molar-refractivity contribution >= 4 is 17.6 Å². The van der Waals surface area contributed by atoms with Gasteiger partial charge in [-0.2, -0.15) is 0 Å². The van der Waals surface area contributed by atoms with E-state index in [0.717, 1.165) is 0 Å². The number of esters is 1. The van der Waals surface area contributed by atoms with Gasteiger partial charge in [0.05, 0.1) is 13.2 Å². The van der Waals surface area contributed by atoms with E-state index in [-0.39, 0.29) is 24.4 Å². The molecule has 0 saturated carbocycles. The Morgan fingerprint density at radius 1 is 1.47 bits per heavy atom. The third-order valence-electron chi connectivity index (χ3n) is 2.75. The van der Waals surface area contributed by atoms with Crippen molar-refractivity contribution in [2.75, 3.05) is 13.2 Å². The van der Waals surface area contributed by atoms with Crippen molar-refractivity contribution in [1.82, 2.24) is 4.90 Å². The van der Waals surface area contributed by atoms with Gasteiger partial charge < -0.3 is 4.74 Å². The Bertz CT molecular complexity index is 437. The molecule has 0 unspecified atom stereocenters. The van der Waals surface area contributed by atoms with E-state index in [4.69, 9.17) is 16.3 Å². The second-order valence-corrected chi connectivity index (χ2v) is 4.98. The normalized spacial score (nSPS) is 11.1. The summed E-state index contributed by atoms with van der Waals surface area (Å²) < 4.78 is 18.6. The Morgan fingerprint density at radius 2 is 2.16 bits per heavy atom. The highest BCUT2D eigenvalue weighted by atomic mass is 35.5. The van der Waals surface area contributed by atoms with Gasteiger partial charge in [0.2, 0.25) is 0 Å². The fourth-order valence-electron chi connectivity index (χ4n) is 1.68. The van der Waals surface area contributed by atoms with Crippen molar-refractivity contribution in [2.24, 2.45) is 0 Å². The maximum absolute atomic E-state index is 13.7. The van der Waals surface area contributed by atoms with Crippen molar-refractivity contribution in [3.05, 3.63) is 34.6 Å². The van der Waals surface area contributed by atoms with E-state index in [1.807, 2.05) is 18.7 Å². The van der Waals surface area contributed by atoms with Crippen LogP contribution in [0.15, 0.2) is 18.2 Å². The first-order chi connectivity index (χ1) is 8.93. The third-order valence-corrected chi connectivity index (χ3v) is 2.98. The average Bonchev–Trinajstić information content (AvgIpc) is 2.33. The van der Waals surface area contributed by atoms with Gasteiger partial charge in [0.25, 0.3) is 0 Å². The van der Waals surface area contributed by atoms with Crippen LogP contribution in [-0.2, 0) is 16.1 Å². The van der Waals surface area contributed by atoms with Crippen LogP contribution in [0.1, 0.15) is 26.3 Å². The van der Waals surface area contributed by atoms with Gasteiger partial charge in [-0.3, -0.25) is 9.69 Å². The number of rotatable bonds is 6. The van der Waals surface area contributed by atoms with Gasteiger partial charge in [0.1, 0.15) is 5.82 Å². The molecule has 0 N–H and O–H groups in total. The molecule has 3 nitrogen and oxygen atoms in total. The molecule has 0 saturated heterocycles. The van der Waals surface area contributed by atoms with Crippen molar-refractivity contribution in [3.8, 4) is 0 Å². The first-order valence-electron chi connectivity index (χ1n) is 6.27. The third kappa shape index (κ3) is 5.17. The number of benzene rings is 1. The molecule has 0 heterocycles. The van der Waals surface area contributed by atoms with Crippen molar-refractivity contribution in [2.45, 2.75) is 33.4 Å². The summed E-state index contributed by atoms with van der Waals surface area (Å²) in [6, 6.07) is 4.52. The molecule has 1 aromatic carbocycles. The molecule has 0 bridgehead atoms. The monoisotopic (exact) mass is 287 g/mol. The fraction of sp³-hybridized carbons (Fsp3) is 0.500. The Labute approximate surface area is 118 Å². The highest BCUT2D eigenvalue weighted by Gasteiger charge is 2.17. The zero-order chi connectivity index (χ0) is 14.4. The summed E-state index contributed by atoms with van der Waals surface area (Å²) in [7, 11) is 0. The summed E-state index contributed by atoms with van der Waals surface area (Å²) in [5.74, 6) is -0.627. The minimum atomic E-state index is -0.320. The highest BCUT2D eigenvalue weighted by molar-refractivity contribution is 6.30. The molecular weight excluding hydrogens is 269 g/mol. The Morgan fingerprint density at radius 3 is 2.74 bits per heavy atom. The summed E-state index contributed by atoms with van der Waals surface area (Å²) in [6.45, 7) is 6.45. The lowest BCUT2D eigenvalue weighted by Crippen LogP contribution is -2.36. The van der Waals surface area contributed by atoms with Crippen molar-refractivity contribution in [3.63, 3.8) is 0 Å². The molecule has 0 amide bonds. The van der Waals surface area contributed by atoms with Gasteiger partial charge in [-0.1, -0.05) is 11.6 Å². The first kappa shape index (κ1) is 15.9. The van der Waals surface area contributed by atoms with E-state index >= 15 is 0 Å². The van der Waals surface area contributed by atoms with Gasteiger partial charge in [-0.25, -0.2) is 4.39 Å². The molecule has 0 radical (unpaired) electrons. The Balaban J connectivity index is 2.78. The minimum Gasteiger partial charge on any atom is -0.465 e. The van der Waals surface area contributed by atoms with Crippen LogP contribution in [0.2, 0.25) is 5.02 Å². The van der Waals surface area contributed by atoms with E-state index in [2.05, 4.69) is 0 Å². The van der Waals surface area contributed by atoms with Crippen LogP contribution in [0.4, 0.5) is 4.39 Å². The number of nitrogens with zero attached hydrogens (tertiary/aromatic N) is 1. The topological polar surface area (TPSA) is 29.5 Å².